The molecule has 0 bridgehead atoms. The summed E-state index contributed by atoms with van der Waals surface area (Å²) >= 11 is 0. The van der Waals surface area contributed by atoms with Crippen LogP contribution in [0.25, 0.3) is 0 Å². The average molecular weight is 196 g/mol. The van der Waals surface area contributed by atoms with Gasteiger partial charge in [0.2, 0.25) is 0 Å². The second kappa shape index (κ2) is 4.64. The number of carbonyl (C=O) groups excluding carboxylic acids is 1. The molecule has 1 rings (SSSR count). The molecule has 0 aromatic heterocycles. The highest BCUT2D eigenvalue weighted by Gasteiger charge is 2.22. The van der Waals surface area contributed by atoms with Crippen LogP contribution >= 0.6 is 0 Å². The Morgan fingerprint density at radius 3 is 2.14 bits per heavy atom. The van der Waals surface area contributed by atoms with E-state index in [1.165, 1.54) is 19.2 Å². The maximum absolute atomic E-state index is 10.7. The van der Waals surface area contributed by atoms with Crippen LogP contribution in [0.4, 0.5) is 4.79 Å². The van der Waals surface area contributed by atoms with Crippen LogP contribution in [0.1, 0.15) is 0 Å². The van der Waals surface area contributed by atoms with E-state index in [0.29, 0.717) is 5.75 Å². The SMILES string of the molecule is COc1ccc(OC(=O)B(O)O)cc1. The molecule has 0 saturated heterocycles. The number of methoxy groups -OCH3 is 1. The first-order chi connectivity index (χ1) is 6.63. The summed E-state index contributed by atoms with van der Waals surface area (Å²) in [7, 11) is -0.601. The molecule has 0 aliphatic carbocycles. The van der Waals surface area contributed by atoms with Crippen LogP contribution in [0.15, 0.2) is 24.3 Å². The van der Waals surface area contributed by atoms with E-state index >= 15 is 0 Å². The molecule has 0 saturated carbocycles. The lowest BCUT2D eigenvalue weighted by atomic mass is 9.93. The zero-order valence-corrected chi connectivity index (χ0v) is 7.51. The van der Waals surface area contributed by atoms with Crippen molar-refractivity contribution in [1.29, 1.82) is 0 Å². The van der Waals surface area contributed by atoms with E-state index < -0.39 is 13.0 Å². The van der Waals surface area contributed by atoms with Gasteiger partial charge in [0.15, 0.2) is 0 Å². The lowest BCUT2D eigenvalue weighted by Crippen LogP contribution is -2.28. The Bertz CT molecular complexity index is 308. The van der Waals surface area contributed by atoms with Crippen LogP contribution in [0, 0.1) is 0 Å². The number of carbonyl (C=O) groups is 1. The minimum Gasteiger partial charge on any atom is -0.497 e. The average Bonchev–Trinajstić information content (AvgIpc) is 2.19. The van der Waals surface area contributed by atoms with Gasteiger partial charge in [-0.15, -0.1) is 0 Å². The summed E-state index contributed by atoms with van der Waals surface area (Å²) in [6, 6.07) is 6.15. The van der Waals surface area contributed by atoms with Crippen LogP contribution in [0.3, 0.4) is 0 Å². The number of rotatable bonds is 3. The maximum atomic E-state index is 10.7. The fourth-order valence-corrected chi connectivity index (χ4v) is 0.813. The lowest BCUT2D eigenvalue weighted by Gasteiger charge is -2.04. The van der Waals surface area contributed by atoms with Gasteiger partial charge in [-0.3, -0.25) is 4.79 Å². The molecule has 0 fully saturated rings. The summed E-state index contributed by atoms with van der Waals surface area (Å²) in [5.41, 5.74) is 0. The molecular formula is C8H9BO5. The molecular weight excluding hydrogens is 187 g/mol. The second-order valence-electron chi connectivity index (χ2n) is 2.47. The van der Waals surface area contributed by atoms with Crippen molar-refractivity contribution in [2.75, 3.05) is 7.11 Å². The van der Waals surface area contributed by atoms with Crippen molar-refractivity contribution in [2.24, 2.45) is 0 Å². The minimum atomic E-state index is -2.11. The Kier molecular flexibility index (Phi) is 3.50. The van der Waals surface area contributed by atoms with Crippen molar-refractivity contribution in [3.05, 3.63) is 24.3 Å². The molecule has 0 aliphatic heterocycles. The van der Waals surface area contributed by atoms with Gasteiger partial charge in [0.1, 0.15) is 11.5 Å². The van der Waals surface area contributed by atoms with Crippen molar-refractivity contribution in [1.82, 2.24) is 0 Å². The molecule has 14 heavy (non-hydrogen) atoms. The smallest absolute Gasteiger partial charge is 0.497 e. The summed E-state index contributed by atoms with van der Waals surface area (Å²) in [5, 5.41) is 16.9. The van der Waals surface area contributed by atoms with Crippen molar-refractivity contribution in [2.45, 2.75) is 0 Å². The van der Waals surface area contributed by atoms with Crippen LogP contribution in [0.2, 0.25) is 0 Å². The predicted octanol–water partition coefficient (Wildman–Crippen LogP) is 0.249. The second-order valence-corrected chi connectivity index (χ2v) is 2.47. The number of hydrogen-bond donors (Lipinski definition) is 2. The fraction of sp³-hybridized carbons (Fsp3) is 0.125. The lowest BCUT2D eigenvalue weighted by molar-refractivity contribution is 0.212. The molecule has 6 heteroatoms. The monoisotopic (exact) mass is 196 g/mol. The van der Waals surface area contributed by atoms with E-state index in [-0.39, 0.29) is 5.75 Å². The van der Waals surface area contributed by atoms with Crippen molar-refractivity contribution in [3.63, 3.8) is 0 Å². The third kappa shape index (κ3) is 2.76. The Labute approximate surface area is 81.0 Å². The zero-order valence-electron chi connectivity index (χ0n) is 7.51. The molecule has 0 radical (unpaired) electrons. The molecule has 1 aromatic carbocycles. The van der Waals surface area contributed by atoms with Gasteiger partial charge in [-0.05, 0) is 24.3 Å². The van der Waals surface area contributed by atoms with Crippen molar-refractivity contribution >= 4 is 13.0 Å². The van der Waals surface area contributed by atoms with Gasteiger partial charge in [0.05, 0.1) is 7.11 Å². The molecule has 2 N–H and O–H groups in total. The predicted molar refractivity (Wildman–Crippen MR) is 49.2 cm³/mol. The van der Waals surface area contributed by atoms with Gasteiger partial charge in [0, 0.05) is 0 Å². The van der Waals surface area contributed by atoms with E-state index in [9.17, 15) is 4.79 Å². The summed E-state index contributed by atoms with van der Waals surface area (Å²) in [4.78, 5) is 10.7. The number of ether oxygens (including phenoxy) is 2. The quantitative estimate of drug-likeness (QED) is 0.677. The van der Waals surface area contributed by atoms with E-state index in [1.54, 1.807) is 12.1 Å². The third-order valence-electron chi connectivity index (χ3n) is 1.49. The Morgan fingerprint density at radius 2 is 1.71 bits per heavy atom. The molecule has 5 nitrogen and oxygen atoms in total. The topological polar surface area (TPSA) is 76.0 Å². The number of benzene rings is 1. The van der Waals surface area contributed by atoms with Crippen molar-refractivity contribution < 1.29 is 24.3 Å². The Balaban J connectivity index is 2.64. The molecule has 0 heterocycles. The summed E-state index contributed by atoms with van der Waals surface area (Å²) in [6.07, 6.45) is 0. The van der Waals surface area contributed by atoms with Crippen LogP contribution in [-0.4, -0.2) is 30.1 Å². The third-order valence-corrected chi connectivity index (χ3v) is 1.49. The van der Waals surface area contributed by atoms with Gasteiger partial charge in [-0.25, -0.2) is 0 Å². The standard InChI is InChI=1S/C8H9BO5/c1-13-6-2-4-7(5-3-6)14-8(10)9(11)12/h2-5,11-12H,1H3. The minimum absolute atomic E-state index is 0.226. The largest absolute Gasteiger partial charge is 0.579 e. The first-order valence-electron chi connectivity index (χ1n) is 3.85. The van der Waals surface area contributed by atoms with Gasteiger partial charge >= 0.3 is 13.0 Å². The van der Waals surface area contributed by atoms with Gasteiger partial charge in [-0.2, -0.15) is 0 Å². The Hall–Kier alpha value is -1.53. The highest BCUT2D eigenvalue weighted by molar-refractivity contribution is 6.76. The first kappa shape index (κ1) is 10.6. The van der Waals surface area contributed by atoms with Crippen LogP contribution in [-0.2, 0) is 0 Å². The van der Waals surface area contributed by atoms with E-state index in [4.69, 9.17) is 14.8 Å². The fourth-order valence-electron chi connectivity index (χ4n) is 0.813. The number of hydrogen-bond acceptors (Lipinski definition) is 5. The summed E-state index contributed by atoms with van der Waals surface area (Å²) < 4.78 is 9.46. The van der Waals surface area contributed by atoms with Gasteiger partial charge in [0.25, 0.3) is 0 Å². The Morgan fingerprint density at radius 1 is 1.21 bits per heavy atom. The highest BCUT2D eigenvalue weighted by atomic mass is 16.6. The molecule has 1 aromatic rings. The normalized spacial score (nSPS) is 9.36. The molecule has 0 unspecified atom stereocenters. The maximum Gasteiger partial charge on any atom is 0.579 e. The van der Waals surface area contributed by atoms with Crippen molar-refractivity contribution in [3.8, 4) is 11.5 Å². The molecule has 0 amide bonds. The zero-order chi connectivity index (χ0) is 10.6. The van der Waals surface area contributed by atoms with Gasteiger partial charge < -0.3 is 19.5 Å². The first-order valence-corrected chi connectivity index (χ1v) is 3.85. The summed E-state index contributed by atoms with van der Waals surface area (Å²) in [5.74, 6) is -0.270. The van der Waals surface area contributed by atoms with Gasteiger partial charge in [-0.1, -0.05) is 0 Å². The molecule has 0 spiro atoms. The van der Waals surface area contributed by atoms with E-state index in [2.05, 4.69) is 4.74 Å². The van der Waals surface area contributed by atoms with Crippen LogP contribution < -0.4 is 9.47 Å². The van der Waals surface area contributed by atoms with E-state index in [1.807, 2.05) is 0 Å². The molecule has 0 aliphatic rings. The molecule has 74 valence electrons. The van der Waals surface area contributed by atoms with E-state index in [0.717, 1.165) is 0 Å². The molecule has 0 atom stereocenters. The van der Waals surface area contributed by atoms with Crippen LogP contribution in [0.5, 0.6) is 11.5 Å². The summed E-state index contributed by atoms with van der Waals surface area (Å²) in [6.45, 7) is 0. The highest BCUT2D eigenvalue weighted by Crippen LogP contribution is 2.17.